The molecule has 1 heterocycles. The third kappa shape index (κ3) is 3.96. The number of hydrogen-bond donors (Lipinski definition) is 0. The van der Waals surface area contributed by atoms with Crippen LogP contribution in [0.15, 0.2) is 35.7 Å². The first-order chi connectivity index (χ1) is 12.5. The summed E-state index contributed by atoms with van der Waals surface area (Å²) in [6, 6.07) is 10.9. The van der Waals surface area contributed by atoms with Crippen LogP contribution in [0.25, 0.3) is 0 Å². The molecule has 1 aromatic heterocycles. The average molecular weight is 333 g/mol. The molecule has 0 radical (unpaired) electrons. The van der Waals surface area contributed by atoms with Crippen LogP contribution in [0, 0.1) is 0 Å². The van der Waals surface area contributed by atoms with E-state index < -0.39 is 6.85 Å². The molecule has 3 rings (SSSR count). The van der Waals surface area contributed by atoms with E-state index in [-0.39, 0.29) is 6.42 Å². The Hall–Kier alpha value is -1.32. The maximum Gasteiger partial charge on any atom is 0.122 e. The molecule has 124 valence electrons. The molecule has 1 aromatic carbocycles. The van der Waals surface area contributed by atoms with Gasteiger partial charge in [0.2, 0.25) is 0 Å². The Morgan fingerprint density at radius 3 is 3.04 bits per heavy atom. The molecule has 0 bridgehead atoms. The zero-order valence-corrected chi connectivity index (χ0v) is 14.6. The summed E-state index contributed by atoms with van der Waals surface area (Å²) in [6.07, 6.45) is 4.25. The summed E-state index contributed by atoms with van der Waals surface area (Å²) in [6.45, 7) is -0.316. The van der Waals surface area contributed by atoms with Gasteiger partial charge in [0.25, 0.3) is 0 Å². The van der Waals surface area contributed by atoms with Crippen molar-refractivity contribution in [2.45, 2.75) is 45.0 Å². The van der Waals surface area contributed by atoms with Crippen LogP contribution in [0.3, 0.4) is 0 Å². The van der Waals surface area contributed by atoms with Gasteiger partial charge >= 0.3 is 0 Å². The molecule has 1 unspecified atom stereocenters. The molecule has 0 saturated heterocycles. The van der Waals surface area contributed by atoms with Crippen molar-refractivity contribution in [1.29, 1.82) is 0 Å². The zero-order valence-electron chi connectivity index (χ0n) is 16.8. The van der Waals surface area contributed by atoms with E-state index in [4.69, 9.17) is 8.85 Å². The van der Waals surface area contributed by atoms with Gasteiger partial charge in [0.05, 0.1) is 7.11 Å². The Bertz CT molecular complexity index is 700. The maximum absolute atomic E-state index is 7.57. The SMILES string of the molecule is [2H]C([2H])([2H])CCN(CCc1cccs1)C1CCc2c(cccc2OC)C1. The summed E-state index contributed by atoms with van der Waals surface area (Å²) in [5.74, 6) is 0.980. The Morgan fingerprint density at radius 1 is 1.30 bits per heavy atom. The number of rotatable bonds is 7. The average Bonchev–Trinajstić information content (AvgIpc) is 3.13. The van der Waals surface area contributed by atoms with E-state index in [1.165, 1.54) is 16.0 Å². The minimum atomic E-state index is -1.86. The highest BCUT2D eigenvalue weighted by Crippen LogP contribution is 2.31. The molecule has 3 heteroatoms. The monoisotopic (exact) mass is 332 g/mol. The van der Waals surface area contributed by atoms with Crippen LogP contribution in [0.2, 0.25) is 0 Å². The highest BCUT2D eigenvalue weighted by Gasteiger charge is 2.25. The van der Waals surface area contributed by atoms with Crippen LogP contribution in [-0.2, 0) is 19.3 Å². The molecule has 0 amide bonds. The van der Waals surface area contributed by atoms with E-state index in [0.717, 1.165) is 38.0 Å². The summed E-state index contributed by atoms with van der Waals surface area (Å²) in [5, 5.41) is 2.10. The van der Waals surface area contributed by atoms with E-state index in [1.807, 2.05) is 6.07 Å². The molecule has 1 atom stereocenters. The second-order valence-corrected chi connectivity index (χ2v) is 7.14. The fourth-order valence-electron chi connectivity index (χ4n) is 3.59. The van der Waals surface area contributed by atoms with Crippen molar-refractivity contribution in [3.05, 3.63) is 51.7 Å². The lowest BCUT2D eigenvalue weighted by atomic mass is 9.86. The summed E-state index contributed by atoms with van der Waals surface area (Å²) < 4.78 is 28.2. The molecular formula is C20H27NOS. The molecule has 23 heavy (non-hydrogen) atoms. The fraction of sp³-hybridized carbons (Fsp3) is 0.500. The van der Waals surface area contributed by atoms with Gasteiger partial charge in [-0.2, -0.15) is 0 Å². The number of ether oxygens (including phenoxy) is 1. The predicted molar refractivity (Wildman–Crippen MR) is 98.7 cm³/mol. The molecule has 0 aliphatic heterocycles. The van der Waals surface area contributed by atoms with Crippen LogP contribution in [-0.4, -0.2) is 31.1 Å². The van der Waals surface area contributed by atoms with Crippen LogP contribution in [0.5, 0.6) is 5.75 Å². The van der Waals surface area contributed by atoms with Crippen molar-refractivity contribution in [2.75, 3.05) is 20.2 Å². The smallest absolute Gasteiger partial charge is 0.122 e. The standard InChI is InChI=1S/C20H27NOS/c1-3-12-21(13-11-18-7-5-14-23-18)17-9-10-19-16(15-17)6-4-8-20(19)22-2/h4-8,14,17H,3,9-13,15H2,1-2H3/i1D3. The molecule has 0 saturated carbocycles. The van der Waals surface area contributed by atoms with Crippen molar-refractivity contribution in [2.24, 2.45) is 0 Å². The van der Waals surface area contributed by atoms with Gasteiger partial charge in [-0.15, -0.1) is 11.3 Å². The minimum Gasteiger partial charge on any atom is -0.496 e. The van der Waals surface area contributed by atoms with E-state index in [1.54, 1.807) is 18.4 Å². The van der Waals surface area contributed by atoms with E-state index in [0.29, 0.717) is 12.6 Å². The predicted octanol–water partition coefficient (Wildman–Crippen LogP) is 4.57. The van der Waals surface area contributed by atoms with Crippen molar-refractivity contribution >= 4 is 11.3 Å². The Kier molecular flexibility index (Phi) is 4.52. The van der Waals surface area contributed by atoms with E-state index >= 15 is 0 Å². The van der Waals surface area contributed by atoms with E-state index in [2.05, 4.69) is 34.5 Å². The van der Waals surface area contributed by atoms with Gasteiger partial charge in [-0.1, -0.05) is 25.1 Å². The maximum atomic E-state index is 7.57. The topological polar surface area (TPSA) is 12.5 Å². The van der Waals surface area contributed by atoms with Crippen molar-refractivity contribution in [3.8, 4) is 5.75 Å². The second-order valence-electron chi connectivity index (χ2n) is 6.11. The molecule has 2 nitrogen and oxygen atoms in total. The lowest BCUT2D eigenvalue weighted by molar-refractivity contribution is 0.181. The van der Waals surface area contributed by atoms with Gasteiger partial charge in [0.15, 0.2) is 0 Å². The summed E-state index contributed by atoms with van der Waals surface area (Å²) in [5.41, 5.74) is 2.66. The Balaban J connectivity index is 1.70. The van der Waals surface area contributed by atoms with Gasteiger partial charge in [-0.05, 0) is 67.3 Å². The van der Waals surface area contributed by atoms with Crippen LogP contribution >= 0.6 is 11.3 Å². The third-order valence-corrected chi connectivity index (χ3v) is 5.71. The molecule has 2 aromatic rings. The second kappa shape index (κ2) is 7.98. The van der Waals surface area contributed by atoms with Crippen LogP contribution < -0.4 is 4.74 Å². The van der Waals surface area contributed by atoms with Crippen molar-refractivity contribution in [3.63, 3.8) is 0 Å². The number of benzene rings is 1. The van der Waals surface area contributed by atoms with Crippen LogP contribution in [0.4, 0.5) is 0 Å². The number of fused-ring (bicyclic) bond motifs is 1. The van der Waals surface area contributed by atoms with Crippen molar-refractivity contribution < 1.29 is 8.85 Å². The number of thiophene rings is 1. The lowest BCUT2D eigenvalue weighted by Gasteiger charge is -2.35. The molecule has 0 N–H and O–H groups in total. The highest BCUT2D eigenvalue weighted by molar-refractivity contribution is 7.09. The Morgan fingerprint density at radius 2 is 2.26 bits per heavy atom. The first-order valence-corrected chi connectivity index (χ1v) is 9.25. The lowest BCUT2D eigenvalue weighted by Crippen LogP contribution is -2.41. The quantitative estimate of drug-likeness (QED) is 0.736. The fourth-order valence-corrected chi connectivity index (χ4v) is 4.28. The third-order valence-electron chi connectivity index (χ3n) is 4.77. The summed E-state index contributed by atoms with van der Waals surface area (Å²) >= 11 is 1.77. The molecule has 0 spiro atoms. The molecule has 1 aliphatic carbocycles. The first-order valence-electron chi connectivity index (χ1n) is 9.87. The highest BCUT2D eigenvalue weighted by atomic mass is 32.1. The van der Waals surface area contributed by atoms with Gasteiger partial charge in [0.1, 0.15) is 5.75 Å². The molecular weight excluding hydrogens is 302 g/mol. The van der Waals surface area contributed by atoms with Gasteiger partial charge < -0.3 is 4.74 Å². The van der Waals surface area contributed by atoms with Gasteiger partial charge in [-0.3, -0.25) is 4.90 Å². The normalized spacial score (nSPS) is 19.7. The molecule has 0 fully saturated rings. The first kappa shape index (κ1) is 13.0. The largest absolute Gasteiger partial charge is 0.496 e. The number of hydrogen-bond acceptors (Lipinski definition) is 3. The van der Waals surface area contributed by atoms with Gasteiger partial charge in [0, 0.05) is 21.6 Å². The summed E-state index contributed by atoms with van der Waals surface area (Å²) in [7, 11) is 1.73. The number of nitrogens with zero attached hydrogens (tertiary/aromatic N) is 1. The number of methoxy groups -OCH3 is 1. The van der Waals surface area contributed by atoms with Gasteiger partial charge in [-0.25, -0.2) is 0 Å². The molecule has 1 aliphatic rings. The summed E-state index contributed by atoms with van der Waals surface area (Å²) in [4.78, 5) is 3.76. The van der Waals surface area contributed by atoms with Crippen molar-refractivity contribution in [1.82, 2.24) is 4.90 Å². The van der Waals surface area contributed by atoms with Crippen LogP contribution in [0.1, 0.15) is 39.8 Å². The minimum absolute atomic E-state index is 0.249. The van der Waals surface area contributed by atoms with E-state index in [9.17, 15) is 0 Å². The zero-order chi connectivity index (χ0) is 18.6. The Labute approximate surface area is 148 Å².